The molecule has 0 aromatic carbocycles. The molecule has 0 bridgehead atoms. The Hall–Kier alpha value is -0.830. The van der Waals surface area contributed by atoms with E-state index in [-0.39, 0.29) is 5.97 Å². The van der Waals surface area contributed by atoms with Crippen molar-refractivity contribution in [3.63, 3.8) is 0 Å². The smallest absolute Gasteiger partial charge is 0.333 e. The fraction of sp³-hybridized carbons (Fsp3) is 0.750. The minimum atomic E-state index is -0.292. The molecule has 1 unspecified atom stereocenters. The lowest BCUT2D eigenvalue weighted by Gasteiger charge is -2.22. The van der Waals surface area contributed by atoms with E-state index in [1.54, 1.807) is 6.92 Å². The lowest BCUT2D eigenvalue weighted by atomic mass is 10.1. The van der Waals surface area contributed by atoms with Gasteiger partial charge in [0.15, 0.2) is 0 Å². The normalized spacial score (nSPS) is 21.0. The van der Waals surface area contributed by atoms with Crippen LogP contribution in [-0.4, -0.2) is 25.3 Å². The summed E-state index contributed by atoms with van der Waals surface area (Å²) in [5, 5.41) is 0. The van der Waals surface area contributed by atoms with Gasteiger partial charge in [0.1, 0.15) is 0 Å². The van der Waals surface area contributed by atoms with Crippen molar-refractivity contribution in [2.75, 3.05) is 13.2 Å². The summed E-state index contributed by atoms with van der Waals surface area (Å²) < 4.78 is 10.6. The van der Waals surface area contributed by atoms with Gasteiger partial charge in [-0.15, -0.1) is 0 Å². The molecule has 86 valence electrons. The number of carbonyl (C=O) groups is 1. The van der Waals surface area contributed by atoms with Crippen molar-refractivity contribution in [3.8, 4) is 0 Å². The van der Waals surface area contributed by atoms with Gasteiger partial charge in [0.2, 0.25) is 0 Å². The van der Waals surface area contributed by atoms with Crippen LogP contribution in [0.3, 0.4) is 0 Å². The van der Waals surface area contributed by atoms with Gasteiger partial charge in [0.25, 0.3) is 0 Å². The molecule has 1 saturated heterocycles. The van der Waals surface area contributed by atoms with Crippen LogP contribution in [-0.2, 0) is 14.3 Å². The zero-order chi connectivity index (χ0) is 11.1. The van der Waals surface area contributed by atoms with Crippen LogP contribution in [0.1, 0.15) is 39.0 Å². The Balaban J connectivity index is 2.01. The van der Waals surface area contributed by atoms with Crippen molar-refractivity contribution in [2.24, 2.45) is 0 Å². The first-order chi connectivity index (χ1) is 7.20. The summed E-state index contributed by atoms with van der Waals surface area (Å²) in [7, 11) is 0. The van der Waals surface area contributed by atoms with Crippen molar-refractivity contribution in [3.05, 3.63) is 12.2 Å². The SMILES string of the molecule is C=C(C)C(=O)OCCCC1CCCCO1. The van der Waals surface area contributed by atoms with Gasteiger partial charge in [0, 0.05) is 12.2 Å². The molecule has 0 radical (unpaired) electrons. The molecule has 0 saturated carbocycles. The van der Waals surface area contributed by atoms with E-state index in [2.05, 4.69) is 6.58 Å². The highest BCUT2D eigenvalue weighted by Gasteiger charge is 2.13. The monoisotopic (exact) mass is 212 g/mol. The Morgan fingerprint density at radius 3 is 2.93 bits per heavy atom. The van der Waals surface area contributed by atoms with Crippen LogP contribution in [0.5, 0.6) is 0 Å². The molecule has 0 aromatic heterocycles. The highest BCUT2D eigenvalue weighted by atomic mass is 16.5. The van der Waals surface area contributed by atoms with Crippen LogP contribution in [0, 0.1) is 0 Å². The van der Waals surface area contributed by atoms with Gasteiger partial charge in [-0.1, -0.05) is 6.58 Å². The number of esters is 1. The third kappa shape index (κ3) is 4.98. The molecular formula is C12H20O3. The topological polar surface area (TPSA) is 35.5 Å². The Bertz CT molecular complexity index is 217. The second kappa shape index (κ2) is 6.62. The van der Waals surface area contributed by atoms with Gasteiger partial charge in [-0.05, 0) is 39.0 Å². The van der Waals surface area contributed by atoms with Crippen molar-refractivity contribution in [1.29, 1.82) is 0 Å². The van der Waals surface area contributed by atoms with E-state index in [0.29, 0.717) is 18.3 Å². The molecule has 1 aliphatic rings. The van der Waals surface area contributed by atoms with Crippen LogP contribution in [0.15, 0.2) is 12.2 Å². The average Bonchev–Trinajstić information content (AvgIpc) is 2.25. The molecule has 1 heterocycles. The Labute approximate surface area is 91.4 Å². The lowest BCUT2D eigenvalue weighted by molar-refractivity contribution is -0.139. The number of ether oxygens (including phenoxy) is 2. The third-order valence-electron chi connectivity index (χ3n) is 2.53. The van der Waals surface area contributed by atoms with Crippen LogP contribution < -0.4 is 0 Å². The Morgan fingerprint density at radius 1 is 1.53 bits per heavy atom. The summed E-state index contributed by atoms with van der Waals surface area (Å²) in [4.78, 5) is 11.0. The van der Waals surface area contributed by atoms with Gasteiger partial charge in [-0.25, -0.2) is 4.79 Å². The van der Waals surface area contributed by atoms with E-state index >= 15 is 0 Å². The molecule has 3 heteroatoms. The number of rotatable bonds is 5. The summed E-state index contributed by atoms with van der Waals surface area (Å²) in [6, 6.07) is 0. The number of carbonyl (C=O) groups excluding carboxylic acids is 1. The maximum Gasteiger partial charge on any atom is 0.333 e. The summed E-state index contributed by atoms with van der Waals surface area (Å²) in [6.45, 7) is 6.55. The molecule has 1 rings (SSSR count). The molecule has 3 nitrogen and oxygen atoms in total. The highest BCUT2D eigenvalue weighted by Crippen LogP contribution is 2.16. The van der Waals surface area contributed by atoms with Crippen molar-refractivity contribution >= 4 is 5.97 Å². The molecule has 0 aromatic rings. The highest BCUT2D eigenvalue weighted by molar-refractivity contribution is 5.86. The fourth-order valence-electron chi connectivity index (χ4n) is 1.63. The molecule has 0 amide bonds. The summed E-state index contributed by atoms with van der Waals surface area (Å²) in [6.07, 6.45) is 5.83. The van der Waals surface area contributed by atoms with Gasteiger partial charge >= 0.3 is 5.97 Å². The van der Waals surface area contributed by atoms with Crippen LogP contribution in [0.25, 0.3) is 0 Å². The van der Waals surface area contributed by atoms with Crippen molar-refractivity contribution in [1.82, 2.24) is 0 Å². The van der Waals surface area contributed by atoms with E-state index in [9.17, 15) is 4.79 Å². The first-order valence-corrected chi connectivity index (χ1v) is 5.64. The van der Waals surface area contributed by atoms with E-state index in [1.807, 2.05) is 0 Å². The molecule has 0 spiro atoms. The van der Waals surface area contributed by atoms with Crippen LogP contribution in [0.4, 0.5) is 0 Å². The molecule has 1 atom stereocenters. The average molecular weight is 212 g/mol. The minimum Gasteiger partial charge on any atom is -0.462 e. The predicted octanol–water partition coefficient (Wildman–Crippen LogP) is 2.46. The zero-order valence-electron chi connectivity index (χ0n) is 9.46. The zero-order valence-corrected chi connectivity index (χ0v) is 9.46. The maximum atomic E-state index is 11.0. The van der Waals surface area contributed by atoms with E-state index in [0.717, 1.165) is 25.9 Å². The summed E-state index contributed by atoms with van der Waals surface area (Å²) >= 11 is 0. The molecule has 15 heavy (non-hydrogen) atoms. The van der Waals surface area contributed by atoms with Crippen LogP contribution >= 0.6 is 0 Å². The quantitative estimate of drug-likeness (QED) is 0.399. The van der Waals surface area contributed by atoms with Crippen LogP contribution in [0.2, 0.25) is 0 Å². The summed E-state index contributed by atoms with van der Waals surface area (Å²) in [5.74, 6) is -0.292. The minimum absolute atomic E-state index is 0.292. The van der Waals surface area contributed by atoms with E-state index < -0.39 is 0 Å². The number of hydrogen-bond donors (Lipinski definition) is 0. The molecular weight excluding hydrogens is 192 g/mol. The maximum absolute atomic E-state index is 11.0. The fourth-order valence-corrected chi connectivity index (χ4v) is 1.63. The second-order valence-electron chi connectivity index (χ2n) is 4.05. The van der Waals surface area contributed by atoms with Gasteiger partial charge < -0.3 is 9.47 Å². The first kappa shape index (κ1) is 12.2. The number of hydrogen-bond acceptors (Lipinski definition) is 3. The van der Waals surface area contributed by atoms with E-state index in [1.165, 1.54) is 12.8 Å². The largest absolute Gasteiger partial charge is 0.462 e. The Morgan fingerprint density at radius 2 is 2.33 bits per heavy atom. The molecule has 1 aliphatic heterocycles. The Kier molecular flexibility index (Phi) is 5.40. The molecule has 1 fully saturated rings. The molecule has 0 aliphatic carbocycles. The van der Waals surface area contributed by atoms with Crippen molar-refractivity contribution < 1.29 is 14.3 Å². The molecule has 0 N–H and O–H groups in total. The first-order valence-electron chi connectivity index (χ1n) is 5.64. The lowest BCUT2D eigenvalue weighted by Crippen LogP contribution is -2.19. The third-order valence-corrected chi connectivity index (χ3v) is 2.53. The van der Waals surface area contributed by atoms with Crippen molar-refractivity contribution in [2.45, 2.75) is 45.1 Å². The predicted molar refractivity (Wildman–Crippen MR) is 58.6 cm³/mol. The van der Waals surface area contributed by atoms with Gasteiger partial charge in [-0.3, -0.25) is 0 Å². The second-order valence-corrected chi connectivity index (χ2v) is 4.05. The van der Waals surface area contributed by atoms with E-state index in [4.69, 9.17) is 9.47 Å². The van der Waals surface area contributed by atoms with Gasteiger partial charge in [-0.2, -0.15) is 0 Å². The van der Waals surface area contributed by atoms with Gasteiger partial charge in [0.05, 0.1) is 12.7 Å². The standard InChI is InChI=1S/C12H20O3/c1-10(2)12(13)15-9-5-7-11-6-3-4-8-14-11/h11H,1,3-9H2,2H3. The summed E-state index contributed by atoms with van der Waals surface area (Å²) in [5.41, 5.74) is 0.462.